The highest BCUT2D eigenvalue weighted by Gasteiger charge is 2.10. The van der Waals surface area contributed by atoms with Crippen molar-refractivity contribution < 1.29 is 9.84 Å². The number of benzene rings is 1. The van der Waals surface area contributed by atoms with Gasteiger partial charge in [-0.2, -0.15) is 4.98 Å². The van der Waals surface area contributed by atoms with E-state index in [1.165, 1.54) is 0 Å². The minimum absolute atomic E-state index is 0.149. The molecule has 0 saturated heterocycles. The van der Waals surface area contributed by atoms with Crippen LogP contribution in [0.1, 0.15) is 23.9 Å². The minimum atomic E-state index is 0.149. The summed E-state index contributed by atoms with van der Waals surface area (Å²) in [5, 5.41) is 12.1. The second-order valence-electron chi connectivity index (χ2n) is 4.80. The number of aromatic nitrogens is 2. The van der Waals surface area contributed by atoms with Crippen LogP contribution in [0.5, 0.6) is 11.6 Å². The molecule has 2 N–H and O–H groups in total. The molecule has 0 radical (unpaired) electrons. The first-order valence-electron chi connectivity index (χ1n) is 7.10. The lowest BCUT2D eigenvalue weighted by molar-refractivity contribution is 0.299. The largest absolute Gasteiger partial charge is 0.439 e. The molecule has 0 bridgehead atoms. The van der Waals surface area contributed by atoms with Crippen molar-refractivity contribution in [3.8, 4) is 11.6 Å². The summed E-state index contributed by atoms with van der Waals surface area (Å²) in [6.07, 6.45) is 0.649. The molecule has 0 spiro atoms. The molecule has 1 aromatic carbocycles. The van der Waals surface area contributed by atoms with Gasteiger partial charge in [-0.3, -0.25) is 0 Å². The summed E-state index contributed by atoms with van der Waals surface area (Å²) in [6.45, 7) is 6.75. The summed E-state index contributed by atoms with van der Waals surface area (Å²) in [4.78, 5) is 8.73. The molecule has 5 nitrogen and oxygen atoms in total. The quantitative estimate of drug-likeness (QED) is 0.855. The van der Waals surface area contributed by atoms with Gasteiger partial charge in [-0.1, -0.05) is 12.1 Å². The Morgan fingerprint density at radius 3 is 2.48 bits per heavy atom. The van der Waals surface area contributed by atoms with Gasteiger partial charge in [-0.05, 0) is 44.9 Å². The Hall–Kier alpha value is -2.14. The molecule has 21 heavy (non-hydrogen) atoms. The molecule has 0 saturated carbocycles. The third kappa shape index (κ3) is 3.92. The fourth-order valence-electron chi connectivity index (χ4n) is 2.01. The molecule has 2 rings (SSSR count). The zero-order chi connectivity index (χ0) is 15.2. The molecule has 0 unspecified atom stereocenters. The minimum Gasteiger partial charge on any atom is -0.439 e. The van der Waals surface area contributed by atoms with E-state index in [-0.39, 0.29) is 6.61 Å². The lowest BCUT2D eigenvalue weighted by Crippen LogP contribution is -2.06. The molecule has 0 atom stereocenters. The van der Waals surface area contributed by atoms with Gasteiger partial charge in [0.2, 0.25) is 5.88 Å². The second-order valence-corrected chi connectivity index (χ2v) is 4.80. The monoisotopic (exact) mass is 287 g/mol. The zero-order valence-electron chi connectivity index (χ0n) is 12.7. The molecule has 2 aromatic rings. The summed E-state index contributed by atoms with van der Waals surface area (Å²) < 4.78 is 5.86. The van der Waals surface area contributed by atoms with E-state index < -0.39 is 0 Å². The van der Waals surface area contributed by atoms with Gasteiger partial charge in [0, 0.05) is 13.2 Å². The van der Waals surface area contributed by atoms with Crippen LogP contribution in [0.3, 0.4) is 0 Å². The van der Waals surface area contributed by atoms with Crippen LogP contribution in [0.25, 0.3) is 0 Å². The van der Waals surface area contributed by atoms with E-state index in [9.17, 15) is 0 Å². The van der Waals surface area contributed by atoms with E-state index in [0.717, 1.165) is 29.2 Å². The van der Waals surface area contributed by atoms with Crippen molar-refractivity contribution in [2.45, 2.75) is 27.2 Å². The predicted molar refractivity (Wildman–Crippen MR) is 83.0 cm³/mol. The number of nitrogens with one attached hydrogen (secondary N) is 1. The van der Waals surface area contributed by atoms with E-state index in [2.05, 4.69) is 15.3 Å². The van der Waals surface area contributed by atoms with Crippen molar-refractivity contribution in [1.29, 1.82) is 0 Å². The molecule has 0 aliphatic carbocycles. The van der Waals surface area contributed by atoms with Crippen LogP contribution >= 0.6 is 0 Å². The molecule has 1 aromatic heterocycles. The standard InChI is InChI=1S/C16H21N3O2/c1-4-17-15-11(2)16(19-12(3)18-15)21-14-7-5-13(6-8-14)9-10-20/h5-8,20H,4,9-10H2,1-3H3,(H,17,18,19). The molecule has 0 amide bonds. The molecular formula is C16H21N3O2. The number of aliphatic hydroxyl groups is 1. The van der Waals surface area contributed by atoms with Crippen molar-refractivity contribution in [1.82, 2.24) is 9.97 Å². The maximum Gasteiger partial charge on any atom is 0.227 e. The maximum atomic E-state index is 8.92. The van der Waals surface area contributed by atoms with Crippen LogP contribution in [0.4, 0.5) is 5.82 Å². The lowest BCUT2D eigenvalue weighted by Gasteiger charge is -2.12. The molecule has 112 valence electrons. The summed E-state index contributed by atoms with van der Waals surface area (Å²) in [7, 11) is 0. The van der Waals surface area contributed by atoms with Crippen LogP contribution in [0.2, 0.25) is 0 Å². The van der Waals surface area contributed by atoms with Gasteiger partial charge < -0.3 is 15.2 Å². The highest BCUT2D eigenvalue weighted by atomic mass is 16.5. The van der Waals surface area contributed by atoms with Crippen LogP contribution < -0.4 is 10.1 Å². The first-order valence-corrected chi connectivity index (χ1v) is 7.10. The second kappa shape index (κ2) is 7.04. The predicted octanol–water partition coefficient (Wildman–Crippen LogP) is 2.85. The number of anilines is 1. The lowest BCUT2D eigenvalue weighted by atomic mass is 10.1. The number of rotatable bonds is 6. The Morgan fingerprint density at radius 2 is 1.86 bits per heavy atom. The van der Waals surface area contributed by atoms with Crippen molar-refractivity contribution in [3.63, 3.8) is 0 Å². The molecule has 0 aliphatic heterocycles. The number of nitrogens with zero attached hydrogens (tertiary/aromatic N) is 2. The molecule has 1 heterocycles. The molecule has 5 heteroatoms. The number of hydrogen-bond donors (Lipinski definition) is 2. The normalized spacial score (nSPS) is 10.5. The van der Waals surface area contributed by atoms with Gasteiger partial charge in [0.1, 0.15) is 17.4 Å². The van der Waals surface area contributed by atoms with Gasteiger partial charge in [-0.15, -0.1) is 0 Å². The van der Waals surface area contributed by atoms with Crippen LogP contribution in [0.15, 0.2) is 24.3 Å². The van der Waals surface area contributed by atoms with Crippen LogP contribution in [0, 0.1) is 13.8 Å². The number of ether oxygens (including phenoxy) is 1. The van der Waals surface area contributed by atoms with E-state index in [0.29, 0.717) is 18.1 Å². The first kappa shape index (κ1) is 15.3. The molecular weight excluding hydrogens is 266 g/mol. The first-order chi connectivity index (χ1) is 10.1. The Labute approximate surface area is 125 Å². The zero-order valence-corrected chi connectivity index (χ0v) is 12.7. The maximum absolute atomic E-state index is 8.92. The third-order valence-electron chi connectivity index (χ3n) is 3.10. The highest BCUT2D eigenvalue weighted by molar-refractivity contribution is 5.49. The SMILES string of the molecule is CCNc1nc(C)nc(Oc2ccc(CCO)cc2)c1C. The van der Waals surface area contributed by atoms with Crippen molar-refractivity contribution in [3.05, 3.63) is 41.2 Å². The average Bonchev–Trinajstić information content (AvgIpc) is 2.46. The topological polar surface area (TPSA) is 67.3 Å². The average molecular weight is 287 g/mol. The van der Waals surface area contributed by atoms with E-state index in [1.54, 1.807) is 0 Å². The smallest absolute Gasteiger partial charge is 0.227 e. The van der Waals surface area contributed by atoms with E-state index in [4.69, 9.17) is 9.84 Å². The third-order valence-corrected chi connectivity index (χ3v) is 3.10. The van der Waals surface area contributed by atoms with Gasteiger partial charge in [0.25, 0.3) is 0 Å². The number of aryl methyl sites for hydroxylation is 1. The fourth-order valence-corrected chi connectivity index (χ4v) is 2.01. The van der Waals surface area contributed by atoms with Gasteiger partial charge in [0.15, 0.2) is 0 Å². The Kier molecular flexibility index (Phi) is 5.11. The number of hydrogen-bond acceptors (Lipinski definition) is 5. The molecule has 0 fully saturated rings. The van der Waals surface area contributed by atoms with Crippen molar-refractivity contribution in [2.24, 2.45) is 0 Å². The summed E-state index contributed by atoms with van der Waals surface area (Å²) in [5.74, 6) is 2.76. The van der Waals surface area contributed by atoms with E-state index in [1.807, 2.05) is 45.0 Å². The van der Waals surface area contributed by atoms with Gasteiger partial charge in [0.05, 0.1) is 5.56 Å². The Balaban J connectivity index is 2.22. The summed E-state index contributed by atoms with van der Waals surface area (Å²) >= 11 is 0. The number of aliphatic hydroxyl groups excluding tert-OH is 1. The van der Waals surface area contributed by atoms with Gasteiger partial charge in [-0.25, -0.2) is 4.98 Å². The van der Waals surface area contributed by atoms with Crippen molar-refractivity contribution >= 4 is 5.82 Å². The van der Waals surface area contributed by atoms with Crippen LogP contribution in [-0.2, 0) is 6.42 Å². The van der Waals surface area contributed by atoms with Crippen molar-refractivity contribution in [2.75, 3.05) is 18.5 Å². The Bertz CT molecular complexity index is 597. The fraction of sp³-hybridized carbons (Fsp3) is 0.375. The molecule has 0 aliphatic rings. The van der Waals surface area contributed by atoms with Gasteiger partial charge >= 0.3 is 0 Å². The summed E-state index contributed by atoms with van der Waals surface area (Å²) in [6, 6.07) is 7.66. The van der Waals surface area contributed by atoms with E-state index >= 15 is 0 Å². The summed E-state index contributed by atoms with van der Waals surface area (Å²) in [5.41, 5.74) is 1.97. The van der Waals surface area contributed by atoms with Crippen LogP contribution in [-0.4, -0.2) is 28.2 Å². The Morgan fingerprint density at radius 1 is 1.14 bits per heavy atom. The highest BCUT2D eigenvalue weighted by Crippen LogP contribution is 2.27.